The molecule has 104 valence electrons. The molecule has 0 unspecified atom stereocenters. The van der Waals surface area contributed by atoms with Gasteiger partial charge in [-0.1, -0.05) is 60.7 Å². The lowest BCUT2D eigenvalue weighted by Crippen LogP contribution is -2.75. The lowest BCUT2D eigenvalue weighted by Gasteiger charge is -2.51. The number of hydrogen-bond donors (Lipinski definition) is 0. The van der Waals surface area contributed by atoms with Gasteiger partial charge in [-0.2, -0.15) is 0 Å². The Balaban J connectivity index is 1.91. The summed E-state index contributed by atoms with van der Waals surface area (Å²) in [5.74, 6) is 0. The van der Waals surface area contributed by atoms with E-state index >= 15 is 0 Å². The maximum Gasteiger partial charge on any atom is 0.223 e. The predicted octanol–water partition coefficient (Wildman–Crippen LogP) is 2.08. The van der Waals surface area contributed by atoms with Gasteiger partial charge in [-0.05, 0) is 21.7 Å². The standard InChI is InChI=1S/C16H20O2Si2/c1-17-19(15-9-5-3-6-10-15)13-20(14-19,18-2)16-11-7-4-8-12-16/h3-12H,13-14H2,1-2H3. The second-order valence-corrected chi connectivity index (χ2v) is 14.3. The Bertz CT molecular complexity index is 514. The van der Waals surface area contributed by atoms with Gasteiger partial charge >= 0.3 is 0 Å². The van der Waals surface area contributed by atoms with E-state index in [1.807, 2.05) is 14.2 Å². The monoisotopic (exact) mass is 300 g/mol. The third-order valence-electron chi connectivity index (χ3n) is 4.52. The van der Waals surface area contributed by atoms with Gasteiger partial charge in [0, 0.05) is 14.2 Å². The molecule has 0 atom stereocenters. The van der Waals surface area contributed by atoms with Crippen LogP contribution in [0.15, 0.2) is 60.7 Å². The molecule has 0 N–H and O–H groups in total. The summed E-state index contributed by atoms with van der Waals surface area (Å²) in [6.45, 7) is 0. The molecule has 2 aromatic rings. The van der Waals surface area contributed by atoms with E-state index in [4.69, 9.17) is 8.85 Å². The zero-order valence-electron chi connectivity index (χ0n) is 12.0. The Labute approximate surface area is 122 Å². The van der Waals surface area contributed by atoms with Gasteiger partial charge in [0.05, 0.1) is 0 Å². The molecular weight excluding hydrogens is 280 g/mol. The van der Waals surface area contributed by atoms with Crippen molar-refractivity contribution in [2.75, 3.05) is 14.2 Å². The van der Waals surface area contributed by atoms with Crippen molar-refractivity contribution in [1.82, 2.24) is 0 Å². The van der Waals surface area contributed by atoms with Crippen molar-refractivity contribution in [3.05, 3.63) is 60.7 Å². The first-order valence-electron chi connectivity index (χ1n) is 6.96. The normalized spacial score (nSPS) is 28.9. The van der Waals surface area contributed by atoms with Crippen molar-refractivity contribution in [3.8, 4) is 0 Å². The highest BCUT2D eigenvalue weighted by molar-refractivity contribution is 7.18. The zero-order valence-corrected chi connectivity index (χ0v) is 14.0. The number of hydrogen-bond acceptors (Lipinski definition) is 2. The molecule has 3 rings (SSSR count). The summed E-state index contributed by atoms with van der Waals surface area (Å²) in [6.07, 6.45) is 0. The molecule has 0 aliphatic carbocycles. The quantitative estimate of drug-likeness (QED) is 0.805. The molecule has 1 fully saturated rings. The van der Waals surface area contributed by atoms with E-state index in [9.17, 15) is 0 Å². The van der Waals surface area contributed by atoms with Gasteiger partial charge in [-0.3, -0.25) is 0 Å². The largest absolute Gasteiger partial charge is 0.416 e. The van der Waals surface area contributed by atoms with Crippen LogP contribution in [-0.2, 0) is 8.85 Å². The van der Waals surface area contributed by atoms with E-state index in [0.29, 0.717) is 0 Å². The van der Waals surface area contributed by atoms with E-state index in [0.717, 1.165) is 11.3 Å². The average Bonchev–Trinajstić information content (AvgIpc) is 2.50. The fraction of sp³-hybridized carbons (Fsp3) is 0.250. The molecule has 1 aliphatic heterocycles. The fourth-order valence-electron chi connectivity index (χ4n) is 3.29. The second-order valence-electron chi connectivity index (χ2n) is 5.48. The highest BCUT2D eigenvalue weighted by atomic mass is 28.5. The molecular formula is C16H20O2Si2. The third kappa shape index (κ3) is 2.09. The minimum Gasteiger partial charge on any atom is -0.416 e. The van der Waals surface area contributed by atoms with Crippen LogP contribution in [-0.4, -0.2) is 30.9 Å². The molecule has 0 radical (unpaired) electrons. The summed E-state index contributed by atoms with van der Waals surface area (Å²) in [7, 11) is 0.156. The molecule has 0 spiro atoms. The van der Waals surface area contributed by atoms with Gasteiger partial charge in [0.15, 0.2) is 0 Å². The van der Waals surface area contributed by atoms with Crippen molar-refractivity contribution in [2.45, 2.75) is 11.3 Å². The Morgan fingerprint density at radius 3 is 1.30 bits per heavy atom. The van der Waals surface area contributed by atoms with Crippen molar-refractivity contribution < 1.29 is 8.85 Å². The number of benzene rings is 2. The SMILES string of the molecule is CO[Si]1(c2ccccc2)C[Si](OC)(c2ccccc2)C1. The lowest BCUT2D eigenvalue weighted by atomic mass is 10.4. The molecule has 20 heavy (non-hydrogen) atoms. The zero-order chi connectivity index (χ0) is 14.1. The Morgan fingerprint density at radius 2 is 1.00 bits per heavy atom. The summed E-state index contributed by atoms with van der Waals surface area (Å²) in [5.41, 5.74) is 2.25. The predicted molar refractivity (Wildman–Crippen MR) is 87.3 cm³/mol. The molecule has 4 heteroatoms. The van der Waals surface area contributed by atoms with E-state index in [2.05, 4.69) is 60.7 Å². The molecule has 2 nitrogen and oxygen atoms in total. The first-order valence-corrected chi connectivity index (χ1v) is 11.6. The summed E-state index contributed by atoms with van der Waals surface area (Å²) in [4.78, 5) is 0. The topological polar surface area (TPSA) is 18.5 Å². The van der Waals surface area contributed by atoms with Crippen molar-refractivity contribution in [3.63, 3.8) is 0 Å². The van der Waals surface area contributed by atoms with Crippen LogP contribution in [0.5, 0.6) is 0 Å². The summed E-state index contributed by atoms with van der Waals surface area (Å²) >= 11 is 0. The summed E-state index contributed by atoms with van der Waals surface area (Å²) < 4.78 is 12.1. The Morgan fingerprint density at radius 1 is 0.650 bits per heavy atom. The van der Waals surface area contributed by atoms with Crippen LogP contribution in [0, 0.1) is 0 Å². The van der Waals surface area contributed by atoms with Gasteiger partial charge < -0.3 is 8.85 Å². The van der Waals surface area contributed by atoms with E-state index in [-0.39, 0.29) is 0 Å². The van der Waals surface area contributed by atoms with Gasteiger partial charge in [-0.25, -0.2) is 0 Å². The highest BCUT2D eigenvalue weighted by Crippen LogP contribution is 2.40. The smallest absolute Gasteiger partial charge is 0.223 e. The van der Waals surface area contributed by atoms with Crippen LogP contribution in [0.25, 0.3) is 0 Å². The minimum atomic E-state index is -1.80. The third-order valence-corrected chi connectivity index (χ3v) is 18.0. The first-order chi connectivity index (χ1) is 9.75. The molecule has 1 saturated heterocycles. The van der Waals surface area contributed by atoms with Crippen molar-refractivity contribution in [2.24, 2.45) is 0 Å². The second kappa shape index (κ2) is 5.29. The first kappa shape index (κ1) is 13.8. The van der Waals surface area contributed by atoms with Gasteiger partial charge in [-0.15, -0.1) is 0 Å². The Hall–Kier alpha value is -1.21. The molecule has 2 aromatic carbocycles. The molecule has 1 aliphatic rings. The average molecular weight is 301 g/mol. The Kier molecular flexibility index (Phi) is 3.64. The maximum absolute atomic E-state index is 6.03. The minimum absolute atomic E-state index is 1.13. The highest BCUT2D eigenvalue weighted by Gasteiger charge is 2.62. The van der Waals surface area contributed by atoms with Crippen LogP contribution in [0.4, 0.5) is 0 Å². The molecule has 0 amide bonds. The van der Waals surface area contributed by atoms with Crippen LogP contribution in [0.2, 0.25) is 11.3 Å². The molecule has 0 bridgehead atoms. The van der Waals surface area contributed by atoms with E-state index in [1.54, 1.807) is 0 Å². The van der Waals surface area contributed by atoms with Crippen LogP contribution < -0.4 is 10.4 Å². The van der Waals surface area contributed by atoms with Gasteiger partial charge in [0.1, 0.15) is 0 Å². The van der Waals surface area contributed by atoms with Crippen LogP contribution in [0.1, 0.15) is 0 Å². The summed E-state index contributed by atoms with van der Waals surface area (Å²) in [6, 6.07) is 21.4. The van der Waals surface area contributed by atoms with Crippen molar-refractivity contribution >= 4 is 27.0 Å². The lowest BCUT2D eigenvalue weighted by molar-refractivity contribution is 0.368. The molecule has 0 saturated carbocycles. The maximum atomic E-state index is 6.03. The van der Waals surface area contributed by atoms with Gasteiger partial charge in [0.25, 0.3) is 0 Å². The van der Waals surface area contributed by atoms with Crippen LogP contribution >= 0.6 is 0 Å². The van der Waals surface area contributed by atoms with Crippen molar-refractivity contribution in [1.29, 1.82) is 0 Å². The molecule has 1 heterocycles. The number of rotatable bonds is 4. The van der Waals surface area contributed by atoms with Gasteiger partial charge in [0.2, 0.25) is 16.6 Å². The fourth-order valence-corrected chi connectivity index (χ4v) is 17.9. The van der Waals surface area contributed by atoms with E-state index in [1.165, 1.54) is 10.4 Å². The van der Waals surface area contributed by atoms with E-state index < -0.39 is 16.6 Å². The summed E-state index contributed by atoms with van der Waals surface area (Å²) in [5, 5.41) is 2.80. The molecule has 0 aromatic heterocycles. The van der Waals surface area contributed by atoms with Crippen LogP contribution in [0.3, 0.4) is 0 Å².